The molecule has 1 unspecified atom stereocenters. The highest BCUT2D eigenvalue weighted by molar-refractivity contribution is 9.10. The van der Waals surface area contributed by atoms with E-state index in [4.69, 9.17) is 4.74 Å². The molecule has 1 saturated heterocycles. The van der Waals surface area contributed by atoms with E-state index in [1.165, 1.54) is 7.11 Å². The molecule has 1 aliphatic rings. The van der Waals surface area contributed by atoms with Gasteiger partial charge in [0.05, 0.1) is 16.5 Å². The van der Waals surface area contributed by atoms with E-state index in [0.717, 1.165) is 23.9 Å². The number of hydrogen-bond acceptors (Lipinski definition) is 4. The molecule has 0 saturated carbocycles. The van der Waals surface area contributed by atoms with Crippen molar-refractivity contribution in [2.45, 2.75) is 17.7 Å². The van der Waals surface area contributed by atoms with E-state index >= 15 is 0 Å². The molecule has 1 aromatic carbocycles. The third kappa shape index (κ3) is 3.77. The third-order valence-corrected chi connectivity index (χ3v) is 6.25. The number of hydrogen-bond donors (Lipinski definition) is 1. The van der Waals surface area contributed by atoms with Gasteiger partial charge in [-0.3, -0.25) is 0 Å². The molecule has 1 fully saturated rings. The van der Waals surface area contributed by atoms with Gasteiger partial charge in [0.2, 0.25) is 10.0 Å². The van der Waals surface area contributed by atoms with Crippen molar-refractivity contribution < 1.29 is 13.2 Å². The maximum absolute atomic E-state index is 12.8. The second kappa shape index (κ2) is 7.09. The van der Waals surface area contributed by atoms with Crippen LogP contribution in [0.1, 0.15) is 12.8 Å². The SMILES string of the molecule is CNCC1CCCN(S(=O)(=O)c2ccc(Br)c(OC)c2)C1. The first-order valence-electron chi connectivity index (χ1n) is 6.97. The highest BCUT2D eigenvalue weighted by Crippen LogP contribution is 2.30. The molecule has 0 aromatic heterocycles. The van der Waals surface area contributed by atoms with Crippen LogP contribution in [-0.4, -0.2) is 46.5 Å². The minimum atomic E-state index is -3.46. The van der Waals surface area contributed by atoms with E-state index in [-0.39, 0.29) is 4.90 Å². The number of piperidine rings is 1. The van der Waals surface area contributed by atoms with E-state index < -0.39 is 10.0 Å². The van der Waals surface area contributed by atoms with Gasteiger partial charge in [-0.1, -0.05) is 0 Å². The molecule has 0 amide bonds. The van der Waals surface area contributed by atoms with Gasteiger partial charge in [-0.25, -0.2) is 8.42 Å². The molecule has 0 bridgehead atoms. The normalized spacial score (nSPS) is 20.4. The van der Waals surface area contributed by atoms with Crippen molar-refractivity contribution in [1.29, 1.82) is 0 Å². The number of ether oxygens (including phenoxy) is 1. The number of benzene rings is 1. The Labute approximate surface area is 134 Å². The zero-order valence-electron chi connectivity index (χ0n) is 12.3. The minimum Gasteiger partial charge on any atom is -0.496 e. The molecule has 1 aromatic rings. The van der Waals surface area contributed by atoms with Gasteiger partial charge in [0.15, 0.2) is 0 Å². The van der Waals surface area contributed by atoms with Crippen LogP contribution in [0, 0.1) is 5.92 Å². The predicted molar refractivity (Wildman–Crippen MR) is 86.1 cm³/mol. The van der Waals surface area contributed by atoms with Crippen molar-refractivity contribution in [2.75, 3.05) is 33.8 Å². The zero-order chi connectivity index (χ0) is 15.5. The fourth-order valence-corrected chi connectivity index (χ4v) is 4.63. The summed E-state index contributed by atoms with van der Waals surface area (Å²) < 4.78 is 33.0. The third-order valence-electron chi connectivity index (χ3n) is 3.73. The van der Waals surface area contributed by atoms with E-state index in [2.05, 4.69) is 21.2 Å². The van der Waals surface area contributed by atoms with Crippen LogP contribution in [0.2, 0.25) is 0 Å². The van der Waals surface area contributed by atoms with Crippen molar-refractivity contribution in [3.63, 3.8) is 0 Å². The number of rotatable bonds is 5. The molecular formula is C14H21BrN2O3S. The van der Waals surface area contributed by atoms with Crippen LogP contribution in [0.5, 0.6) is 5.75 Å². The molecule has 7 heteroatoms. The number of nitrogens with one attached hydrogen (secondary N) is 1. The van der Waals surface area contributed by atoms with E-state index in [1.807, 2.05) is 7.05 Å². The summed E-state index contributed by atoms with van der Waals surface area (Å²) in [5, 5.41) is 3.13. The summed E-state index contributed by atoms with van der Waals surface area (Å²) in [6, 6.07) is 4.89. The lowest BCUT2D eigenvalue weighted by molar-refractivity contribution is 0.263. The van der Waals surface area contributed by atoms with Gasteiger partial charge in [0.25, 0.3) is 0 Å². The topological polar surface area (TPSA) is 58.6 Å². The average Bonchev–Trinajstić information content (AvgIpc) is 2.48. The number of halogens is 1. The second-order valence-corrected chi connectivity index (χ2v) is 8.02. The number of nitrogens with zero attached hydrogens (tertiary/aromatic N) is 1. The molecule has 1 aliphatic heterocycles. The van der Waals surface area contributed by atoms with Gasteiger partial charge >= 0.3 is 0 Å². The summed E-state index contributed by atoms with van der Waals surface area (Å²) in [7, 11) is -0.0339. The molecule has 0 radical (unpaired) electrons. The molecule has 1 heterocycles. The Morgan fingerprint density at radius 3 is 2.90 bits per heavy atom. The van der Waals surface area contributed by atoms with Crippen LogP contribution in [-0.2, 0) is 10.0 Å². The lowest BCUT2D eigenvalue weighted by Crippen LogP contribution is -2.42. The van der Waals surface area contributed by atoms with Crippen molar-refractivity contribution in [3.05, 3.63) is 22.7 Å². The summed E-state index contributed by atoms with van der Waals surface area (Å²) in [6.07, 6.45) is 1.97. The molecule has 21 heavy (non-hydrogen) atoms. The predicted octanol–water partition coefficient (Wildman–Crippen LogP) is 2.08. The monoisotopic (exact) mass is 376 g/mol. The van der Waals surface area contributed by atoms with Gasteiger partial charge in [0.1, 0.15) is 5.75 Å². The van der Waals surface area contributed by atoms with Crippen LogP contribution in [0.25, 0.3) is 0 Å². The Morgan fingerprint density at radius 2 is 2.24 bits per heavy atom. The maximum Gasteiger partial charge on any atom is 0.243 e. The summed E-state index contributed by atoms with van der Waals surface area (Å²) in [5.74, 6) is 0.899. The Morgan fingerprint density at radius 1 is 1.48 bits per heavy atom. The number of sulfonamides is 1. The lowest BCUT2D eigenvalue weighted by atomic mass is 10.00. The van der Waals surface area contributed by atoms with Gasteiger partial charge in [-0.2, -0.15) is 4.31 Å². The highest BCUT2D eigenvalue weighted by atomic mass is 79.9. The van der Waals surface area contributed by atoms with Gasteiger partial charge in [0, 0.05) is 19.2 Å². The van der Waals surface area contributed by atoms with Gasteiger partial charge in [-0.15, -0.1) is 0 Å². The molecule has 1 N–H and O–H groups in total. The largest absolute Gasteiger partial charge is 0.496 e. The maximum atomic E-state index is 12.8. The first-order valence-corrected chi connectivity index (χ1v) is 9.20. The smallest absolute Gasteiger partial charge is 0.243 e. The molecule has 1 atom stereocenters. The minimum absolute atomic E-state index is 0.285. The van der Waals surface area contributed by atoms with Crippen LogP contribution in [0.4, 0.5) is 0 Å². The van der Waals surface area contributed by atoms with Crippen LogP contribution >= 0.6 is 15.9 Å². The Hall–Kier alpha value is -0.630. The van der Waals surface area contributed by atoms with E-state index in [0.29, 0.717) is 24.8 Å². The summed E-state index contributed by atoms with van der Waals surface area (Å²) >= 11 is 3.34. The fourth-order valence-electron chi connectivity index (χ4n) is 2.65. The Kier molecular flexibility index (Phi) is 5.65. The standard InChI is InChI=1S/C14H21BrN2O3S/c1-16-9-11-4-3-7-17(10-11)21(18,19)12-5-6-13(15)14(8-12)20-2/h5-6,8,11,16H,3-4,7,9-10H2,1-2H3. The quantitative estimate of drug-likeness (QED) is 0.854. The molecule has 0 aliphatic carbocycles. The molecule has 118 valence electrons. The van der Waals surface area contributed by atoms with Crippen LogP contribution in [0.15, 0.2) is 27.6 Å². The second-order valence-electron chi connectivity index (χ2n) is 5.23. The van der Waals surface area contributed by atoms with E-state index in [1.54, 1.807) is 22.5 Å². The van der Waals surface area contributed by atoms with Crippen molar-refractivity contribution in [3.8, 4) is 5.75 Å². The summed E-state index contributed by atoms with van der Waals surface area (Å²) in [6.45, 7) is 2.00. The zero-order valence-corrected chi connectivity index (χ0v) is 14.7. The summed E-state index contributed by atoms with van der Waals surface area (Å²) in [4.78, 5) is 0.285. The first kappa shape index (κ1) is 16.7. The van der Waals surface area contributed by atoms with Crippen molar-refractivity contribution in [2.24, 2.45) is 5.92 Å². The van der Waals surface area contributed by atoms with Crippen molar-refractivity contribution >= 4 is 26.0 Å². The summed E-state index contributed by atoms with van der Waals surface area (Å²) in [5.41, 5.74) is 0. The van der Waals surface area contributed by atoms with Crippen LogP contribution in [0.3, 0.4) is 0 Å². The van der Waals surface area contributed by atoms with Gasteiger partial charge < -0.3 is 10.1 Å². The number of methoxy groups -OCH3 is 1. The first-order chi connectivity index (χ1) is 9.98. The van der Waals surface area contributed by atoms with E-state index in [9.17, 15) is 8.42 Å². The molecule has 2 rings (SSSR count). The molecule has 5 nitrogen and oxygen atoms in total. The highest BCUT2D eigenvalue weighted by Gasteiger charge is 2.30. The van der Waals surface area contributed by atoms with Crippen molar-refractivity contribution in [1.82, 2.24) is 9.62 Å². The Bertz CT molecular complexity index is 590. The lowest BCUT2D eigenvalue weighted by Gasteiger charge is -2.31. The van der Waals surface area contributed by atoms with Crippen LogP contribution < -0.4 is 10.1 Å². The molecular weight excluding hydrogens is 356 g/mol. The van der Waals surface area contributed by atoms with Gasteiger partial charge in [-0.05, 0) is 60.4 Å². The average molecular weight is 377 g/mol. The fraction of sp³-hybridized carbons (Fsp3) is 0.571. The molecule has 0 spiro atoms. The Balaban J connectivity index is 2.25.